The van der Waals surface area contributed by atoms with Crippen molar-refractivity contribution in [2.45, 2.75) is 23.8 Å². The standard InChI is InChI=1S/C10H13BrN2OS/c1-14-4-5-15-9-6-8(11)12-10(13-9)7-2-3-7/h6-7H,2-5H2,1H3. The fourth-order valence-electron chi connectivity index (χ4n) is 1.24. The Morgan fingerprint density at radius 3 is 3.00 bits per heavy atom. The minimum absolute atomic E-state index is 0.601. The summed E-state index contributed by atoms with van der Waals surface area (Å²) in [6, 6.07) is 1.96. The van der Waals surface area contributed by atoms with E-state index in [-0.39, 0.29) is 0 Å². The second kappa shape index (κ2) is 5.27. The highest BCUT2D eigenvalue weighted by molar-refractivity contribution is 9.10. The van der Waals surface area contributed by atoms with Crippen LogP contribution in [-0.2, 0) is 4.74 Å². The normalized spacial score (nSPS) is 15.6. The number of aromatic nitrogens is 2. The molecule has 0 radical (unpaired) electrons. The molecular formula is C10H13BrN2OS. The first-order valence-corrected chi connectivity index (χ1v) is 6.73. The van der Waals surface area contributed by atoms with Crippen LogP contribution in [0.1, 0.15) is 24.6 Å². The summed E-state index contributed by atoms with van der Waals surface area (Å²) in [6.45, 7) is 0.755. The Kier molecular flexibility index (Phi) is 3.99. The Labute approximate surface area is 102 Å². The molecule has 2 rings (SSSR count). The Hall–Kier alpha value is -0.130. The Morgan fingerprint density at radius 2 is 2.33 bits per heavy atom. The van der Waals surface area contributed by atoms with E-state index in [4.69, 9.17) is 4.74 Å². The number of ether oxygens (including phenoxy) is 1. The molecule has 0 saturated heterocycles. The first-order valence-electron chi connectivity index (χ1n) is 4.96. The molecule has 0 atom stereocenters. The summed E-state index contributed by atoms with van der Waals surface area (Å²) in [5.74, 6) is 2.53. The predicted molar refractivity (Wildman–Crippen MR) is 64.3 cm³/mol. The minimum Gasteiger partial charge on any atom is -0.384 e. The van der Waals surface area contributed by atoms with Gasteiger partial charge in [0.1, 0.15) is 15.5 Å². The van der Waals surface area contributed by atoms with Gasteiger partial charge in [0.25, 0.3) is 0 Å². The van der Waals surface area contributed by atoms with E-state index < -0.39 is 0 Å². The molecule has 5 heteroatoms. The average Bonchev–Trinajstić information content (AvgIpc) is 3.00. The van der Waals surface area contributed by atoms with Crippen molar-refractivity contribution in [3.05, 3.63) is 16.5 Å². The first kappa shape index (κ1) is 11.4. The minimum atomic E-state index is 0.601. The van der Waals surface area contributed by atoms with E-state index in [0.29, 0.717) is 5.92 Å². The third-order valence-corrected chi connectivity index (χ3v) is 3.45. The van der Waals surface area contributed by atoms with Crippen LogP contribution in [0.2, 0.25) is 0 Å². The molecule has 1 aromatic rings. The lowest BCUT2D eigenvalue weighted by Crippen LogP contribution is -1.97. The fraction of sp³-hybridized carbons (Fsp3) is 0.600. The lowest BCUT2D eigenvalue weighted by atomic mass is 10.4. The highest BCUT2D eigenvalue weighted by atomic mass is 79.9. The van der Waals surface area contributed by atoms with E-state index in [9.17, 15) is 0 Å². The van der Waals surface area contributed by atoms with Gasteiger partial charge in [-0.2, -0.15) is 0 Å². The Balaban J connectivity index is 2.02. The van der Waals surface area contributed by atoms with Crippen LogP contribution in [0.25, 0.3) is 0 Å². The quantitative estimate of drug-likeness (QED) is 0.474. The van der Waals surface area contributed by atoms with Gasteiger partial charge >= 0.3 is 0 Å². The van der Waals surface area contributed by atoms with E-state index in [1.54, 1.807) is 18.9 Å². The summed E-state index contributed by atoms with van der Waals surface area (Å²) >= 11 is 5.13. The SMILES string of the molecule is COCCSc1cc(Br)nc(C2CC2)n1. The number of hydrogen-bond acceptors (Lipinski definition) is 4. The molecule has 1 saturated carbocycles. The molecule has 1 aliphatic rings. The maximum Gasteiger partial charge on any atom is 0.134 e. The zero-order valence-electron chi connectivity index (χ0n) is 8.57. The molecule has 0 N–H and O–H groups in total. The third-order valence-electron chi connectivity index (χ3n) is 2.17. The smallest absolute Gasteiger partial charge is 0.134 e. The van der Waals surface area contributed by atoms with Gasteiger partial charge in [-0.15, -0.1) is 11.8 Å². The van der Waals surface area contributed by atoms with Gasteiger partial charge in [-0.05, 0) is 28.8 Å². The van der Waals surface area contributed by atoms with Gasteiger partial charge in [-0.1, -0.05) is 0 Å². The molecule has 0 bridgehead atoms. The predicted octanol–water partition coefficient (Wildman–Crippen LogP) is 2.86. The molecule has 0 spiro atoms. The summed E-state index contributed by atoms with van der Waals surface area (Å²) in [7, 11) is 1.71. The summed E-state index contributed by atoms with van der Waals surface area (Å²) in [6.07, 6.45) is 2.47. The molecule has 0 aliphatic heterocycles. The van der Waals surface area contributed by atoms with Crippen LogP contribution >= 0.6 is 27.7 Å². The summed E-state index contributed by atoms with van der Waals surface area (Å²) in [5.41, 5.74) is 0. The fourth-order valence-corrected chi connectivity index (χ4v) is 2.60. The summed E-state index contributed by atoms with van der Waals surface area (Å²) in [5, 5.41) is 1.04. The second-order valence-electron chi connectivity index (χ2n) is 3.50. The topological polar surface area (TPSA) is 35.0 Å². The summed E-state index contributed by atoms with van der Waals surface area (Å²) in [4.78, 5) is 8.92. The van der Waals surface area contributed by atoms with Gasteiger partial charge in [0.15, 0.2) is 0 Å². The van der Waals surface area contributed by atoms with Crippen LogP contribution in [0.4, 0.5) is 0 Å². The molecule has 1 heterocycles. The maximum atomic E-state index is 5.01. The van der Waals surface area contributed by atoms with Crippen LogP contribution in [-0.4, -0.2) is 29.4 Å². The highest BCUT2D eigenvalue weighted by Crippen LogP contribution is 2.39. The molecule has 0 aromatic carbocycles. The van der Waals surface area contributed by atoms with Gasteiger partial charge in [-0.25, -0.2) is 9.97 Å². The molecular weight excluding hydrogens is 276 g/mol. The van der Waals surface area contributed by atoms with Crippen LogP contribution in [0.3, 0.4) is 0 Å². The van der Waals surface area contributed by atoms with Crippen molar-refractivity contribution in [3.8, 4) is 0 Å². The lowest BCUT2D eigenvalue weighted by molar-refractivity contribution is 0.218. The van der Waals surface area contributed by atoms with E-state index in [1.807, 2.05) is 6.07 Å². The van der Waals surface area contributed by atoms with Crippen molar-refractivity contribution in [1.29, 1.82) is 0 Å². The van der Waals surface area contributed by atoms with Gasteiger partial charge in [0.05, 0.1) is 6.61 Å². The molecule has 1 aromatic heterocycles. The number of methoxy groups -OCH3 is 1. The van der Waals surface area contributed by atoms with E-state index >= 15 is 0 Å². The monoisotopic (exact) mass is 288 g/mol. The maximum absolute atomic E-state index is 5.01. The third kappa shape index (κ3) is 3.43. The molecule has 1 fully saturated rings. The zero-order chi connectivity index (χ0) is 10.7. The highest BCUT2D eigenvalue weighted by Gasteiger charge is 2.27. The lowest BCUT2D eigenvalue weighted by Gasteiger charge is -2.03. The number of hydrogen-bond donors (Lipinski definition) is 0. The number of halogens is 1. The van der Waals surface area contributed by atoms with E-state index in [1.165, 1.54) is 12.8 Å². The van der Waals surface area contributed by atoms with Gasteiger partial charge in [-0.3, -0.25) is 0 Å². The van der Waals surface area contributed by atoms with Crippen LogP contribution in [0.5, 0.6) is 0 Å². The average molecular weight is 289 g/mol. The number of nitrogens with zero attached hydrogens (tertiary/aromatic N) is 2. The van der Waals surface area contributed by atoms with E-state index in [2.05, 4.69) is 25.9 Å². The zero-order valence-corrected chi connectivity index (χ0v) is 11.0. The van der Waals surface area contributed by atoms with Crippen LogP contribution in [0, 0.1) is 0 Å². The Bertz CT molecular complexity index is 344. The number of thioether (sulfide) groups is 1. The van der Waals surface area contributed by atoms with Crippen molar-refractivity contribution in [2.24, 2.45) is 0 Å². The molecule has 3 nitrogen and oxygen atoms in total. The summed E-state index contributed by atoms with van der Waals surface area (Å²) < 4.78 is 5.90. The largest absolute Gasteiger partial charge is 0.384 e. The molecule has 1 aliphatic carbocycles. The second-order valence-corrected chi connectivity index (χ2v) is 5.43. The van der Waals surface area contributed by atoms with Crippen LogP contribution in [0.15, 0.2) is 15.7 Å². The molecule has 15 heavy (non-hydrogen) atoms. The van der Waals surface area contributed by atoms with Crippen molar-refractivity contribution in [3.63, 3.8) is 0 Å². The first-order chi connectivity index (χ1) is 7.29. The molecule has 82 valence electrons. The van der Waals surface area contributed by atoms with Crippen molar-refractivity contribution < 1.29 is 4.74 Å². The molecule has 0 unspecified atom stereocenters. The van der Waals surface area contributed by atoms with Gasteiger partial charge in [0.2, 0.25) is 0 Å². The van der Waals surface area contributed by atoms with Gasteiger partial charge in [0, 0.05) is 24.8 Å². The van der Waals surface area contributed by atoms with Crippen molar-refractivity contribution in [2.75, 3.05) is 19.5 Å². The number of rotatable bonds is 5. The Morgan fingerprint density at radius 1 is 1.53 bits per heavy atom. The van der Waals surface area contributed by atoms with Gasteiger partial charge < -0.3 is 4.74 Å². The van der Waals surface area contributed by atoms with Crippen molar-refractivity contribution in [1.82, 2.24) is 9.97 Å². The molecule has 0 amide bonds. The van der Waals surface area contributed by atoms with Crippen LogP contribution < -0.4 is 0 Å². The van der Waals surface area contributed by atoms with E-state index in [0.717, 1.165) is 27.8 Å². The van der Waals surface area contributed by atoms with Crippen molar-refractivity contribution >= 4 is 27.7 Å².